The third kappa shape index (κ3) is 4.39. The van der Waals surface area contributed by atoms with Gasteiger partial charge in [-0.25, -0.2) is 0 Å². The molecular formula is C19H29N5O2. The molecule has 0 spiro atoms. The number of methoxy groups -OCH3 is 1. The fourth-order valence-corrected chi connectivity index (χ4v) is 3.61. The molecule has 2 aliphatic heterocycles. The van der Waals surface area contributed by atoms with E-state index in [0.717, 1.165) is 56.9 Å². The van der Waals surface area contributed by atoms with Crippen LogP contribution >= 0.6 is 0 Å². The first-order valence-corrected chi connectivity index (χ1v) is 9.34. The first-order chi connectivity index (χ1) is 12.7. The van der Waals surface area contributed by atoms with Crippen LogP contribution in [-0.4, -0.2) is 69.7 Å². The van der Waals surface area contributed by atoms with Gasteiger partial charge in [-0.05, 0) is 31.4 Å². The SMILES string of the molecule is CN=C(NCC(=O)N1CCCC1)NC1CCN(c2ccccc2OC)C1. The minimum atomic E-state index is 0.146. The number of likely N-dealkylation sites (tertiary alicyclic amines) is 1. The normalized spacial score (nSPS) is 20.4. The number of aliphatic imine (C=N–C) groups is 1. The van der Waals surface area contributed by atoms with Crippen LogP contribution in [0, 0.1) is 0 Å². The third-order valence-corrected chi connectivity index (χ3v) is 5.04. The highest BCUT2D eigenvalue weighted by atomic mass is 16.5. The van der Waals surface area contributed by atoms with Crippen LogP contribution in [-0.2, 0) is 4.79 Å². The van der Waals surface area contributed by atoms with Gasteiger partial charge in [0.05, 0.1) is 19.3 Å². The molecule has 0 aliphatic carbocycles. The lowest BCUT2D eigenvalue weighted by Gasteiger charge is -2.22. The van der Waals surface area contributed by atoms with Gasteiger partial charge in [-0.15, -0.1) is 0 Å². The van der Waals surface area contributed by atoms with E-state index in [2.05, 4.69) is 26.6 Å². The standard InChI is InChI=1S/C19H29N5O2/c1-20-19(21-13-18(25)23-10-5-6-11-23)22-15-9-12-24(14-15)16-7-3-4-8-17(16)26-2/h3-4,7-8,15H,5-6,9-14H2,1-2H3,(H2,20,21,22). The molecule has 1 amide bonds. The molecule has 0 aromatic heterocycles. The highest BCUT2D eigenvalue weighted by molar-refractivity contribution is 5.86. The van der Waals surface area contributed by atoms with Crippen molar-refractivity contribution in [1.82, 2.24) is 15.5 Å². The summed E-state index contributed by atoms with van der Waals surface area (Å²) < 4.78 is 5.47. The number of nitrogens with one attached hydrogen (secondary N) is 2. The minimum Gasteiger partial charge on any atom is -0.495 e. The van der Waals surface area contributed by atoms with E-state index in [1.807, 2.05) is 23.1 Å². The molecule has 1 aromatic carbocycles. The van der Waals surface area contributed by atoms with Gasteiger partial charge in [0.2, 0.25) is 5.91 Å². The Bertz CT molecular complexity index is 643. The summed E-state index contributed by atoms with van der Waals surface area (Å²) in [6, 6.07) is 8.37. The number of nitrogens with zero attached hydrogens (tertiary/aromatic N) is 3. The topological polar surface area (TPSA) is 69.2 Å². The van der Waals surface area contributed by atoms with Crippen molar-refractivity contribution in [2.24, 2.45) is 4.99 Å². The molecule has 2 fully saturated rings. The number of amides is 1. The molecule has 1 aromatic rings. The summed E-state index contributed by atoms with van der Waals surface area (Å²) in [7, 11) is 3.44. The molecule has 2 aliphatic rings. The number of anilines is 1. The van der Waals surface area contributed by atoms with E-state index in [1.165, 1.54) is 0 Å². The van der Waals surface area contributed by atoms with Crippen LogP contribution in [0.1, 0.15) is 19.3 Å². The van der Waals surface area contributed by atoms with E-state index in [-0.39, 0.29) is 11.9 Å². The summed E-state index contributed by atoms with van der Waals surface area (Å²) in [5.74, 6) is 1.73. The van der Waals surface area contributed by atoms with Crippen molar-refractivity contribution in [2.45, 2.75) is 25.3 Å². The van der Waals surface area contributed by atoms with Crippen molar-refractivity contribution in [3.8, 4) is 5.75 Å². The molecule has 2 saturated heterocycles. The summed E-state index contributed by atoms with van der Waals surface area (Å²) in [5, 5.41) is 6.59. The number of rotatable bonds is 5. The first-order valence-electron chi connectivity index (χ1n) is 9.34. The Morgan fingerprint density at radius 1 is 1.27 bits per heavy atom. The number of carbonyl (C=O) groups excluding carboxylic acids is 1. The molecule has 142 valence electrons. The van der Waals surface area contributed by atoms with E-state index >= 15 is 0 Å². The maximum absolute atomic E-state index is 12.2. The second-order valence-electron chi connectivity index (χ2n) is 6.76. The second-order valence-corrected chi connectivity index (χ2v) is 6.76. The number of guanidine groups is 1. The average molecular weight is 359 g/mol. The smallest absolute Gasteiger partial charge is 0.241 e. The van der Waals surface area contributed by atoms with Crippen LogP contribution in [0.5, 0.6) is 5.75 Å². The summed E-state index contributed by atoms with van der Waals surface area (Å²) in [5.41, 5.74) is 1.12. The number of para-hydroxylation sites is 2. The quantitative estimate of drug-likeness (QED) is 0.608. The van der Waals surface area contributed by atoms with Crippen LogP contribution in [0.25, 0.3) is 0 Å². The van der Waals surface area contributed by atoms with E-state index in [9.17, 15) is 4.79 Å². The van der Waals surface area contributed by atoms with Crippen LogP contribution < -0.4 is 20.3 Å². The molecule has 26 heavy (non-hydrogen) atoms. The zero-order valence-electron chi connectivity index (χ0n) is 15.7. The first kappa shape index (κ1) is 18.4. The Morgan fingerprint density at radius 2 is 2.04 bits per heavy atom. The Labute approximate surface area is 155 Å². The monoisotopic (exact) mass is 359 g/mol. The van der Waals surface area contributed by atoms with E-state index < -0.39 is 0 Å². The van der Waals surface area contributed by atoms with Gasteiger partial charge in [-0.3, -0.25) is 9.79 Å². The molecule has 7 heteroatoms. The van der Waals surface area contributed by atoms with Crippen molar-refractivity contribution < 1.29 is 9.53 Å². The Kier molecular flexibility index (Phi) is 6.20. The largest absolute Gasteiger partial charge is 0.495 e. The Hall–Kier alpha value is -2.44. The number of hydrogen-bond donors (Lipinski definition) is 2. The molecule has 1 atom stereocenters. The van der Waals surface area contributed by atoms with Gasteiger partial charge in [0.15, 0.2) is 5.96 Å². The minimum absolute atomic E-state index is 0.146. The molecule has 1 unspecified atom stereocenters. The predicted molar refractivity (Wildman–Crippen MR) is 104 cm³/mol. The predicted octanol–water partition coefficient (Wildman–Crippen LogP) is 1.06. The fourth-order valence-electron chi connectivity index (χ4n) is 3.61. The van der Waals surface area contributed by atoms with Crippen LogP contribution in [0.15, 0.2) is 29.3 Å². The van der Waals surface area contributed by atoms with Gasteiger partial charge in [0, 0.05) is 39.3 Å². The van der Waals surface area contributed by atoms with Crippen molar-refractivity contribution in [1.29, 1.82) is 0 Å². The van der Waals surface area contributed by atoms with Gasteiger partial charge >= 0.3 is 0 Å². The number of benzene rings is 1. The second kappa shape index (κ2) is 8.78. The van der Waals surface area contributed by atoms with Crippen molar-refractivity contribution in [3.05, 3.63) is 24.3 Å². The highest BCUT2D eigenvalue weighted by Gasteiger charge is 2.25. The van der Waals surface area contributed by atoms with Gasteiger partial charge in [0.1, 0.15) is 5.75 Å². The molecule has 7 nitrogen and oxygen atoms in total. The lowest BCUT2D eigenvalue weighted by atomic mass is 10.2. The Balaban J connectivity index is 1.49. The lowest BCUT2D eigenvalue weighted by Crippen LogP contribution is -2.48. The van der Waals surface area contributed by atoms with E-state index in [1.54, 1.807) is 14.2 Å². The van der Waals surface area contributed by atoms with Gasteiger partial charge in [0.25, 0.3) is 0 Å². The van der Waals surface area contributed by atoms with Crippen molar-refractivity contribution in [2.75, 3.05) is 51.8 Å². The van der Waals surface area contributed by atoms with Crippen LogP contribution in [0.3, 0.4) is 0 Å². The zero-order chi connectivity index (χ0) is 18.4. The molecule has 0 saturated carbocycles. The van der Waals surface area contributed by atoms with Crippen LogP contribution in [0.4, 0.5) is 5.69 Å². The van der Waals surface area contributed by atoms with Crippen molar-refractivity contribution in [3.63, 3.8) is 0 Å². The number of ether oxygens (including phenoxy) is 1. The zero-order valence-corrected chi connectivity index (χ0v) is 15.7. The third-order valence-electron chi connectivity index (χ3n) is 5.04. The molecule has 3 rings (SSSR count). The molecule has 2 N–H and O–H groups in total. The summed E-state index contributed by atoms with van der Waals surface area (Å²) >= 11 is 0. The van der Waals surface area contributed by atoms with E-state index in [4.69, 9.17) is 4.74 Å². The summed E-state index contributed by atoms with van der Waals surface area (Å²) in [4.78, 5) is 20.7. The molecule has 2 heterocycles. The fraction of sp³-hybridized carbons (Fsp3) is 0.579. The maximum Gasteiger partial charge on any atom is 0.241 e. The van der Waals surface area contributed by atoms with Gasteiger partial charge in [-0.1, -0.05) is 12.1 Å². The highest BCUT2D eigenvalue weighted by Crippen LogP contribution is 2.30. The van der Waals surface area contributed by atoms with E-state index in [0.29, 0.717) is 12.5 Å². The Morgan fingerprint density at radius 3 is 2.77 bits per heavy atom. The van der Waals surface area contributed by atoms with Crippen LogP contribution in [0.2, 0.25) is 0 Å². The van der Waals surface area contributed by atoms with Gasteiger partial charge < -0.3 is 25.2 Å². The summed E-state index contributed by atoms with van der Waals surface area (Å²) in [6.07, 6.45) is 3.23. The maximum atomic E-state index is 12.2. The van der Waals surface area contributed by atoms with Crippen molar-refractivity contribution >= 4 is 17.6 Å². The van der Waals surface area contributed by atoms with Gasteiger partial charge in [-0.2, -0.15) is 0 Å². The summed E-state index contributed by atoms with van der Waals surface area (Å²) in [6.45, 7) is 3.89. The molecule has 0 bridgehead atoms. The molecular weight excluding hydrogens is 330 g/mol. The molecule has 0 radical (unpaired) electrons. The number of carbonyl (C=O) groups is 1. The lowest BCUT2D eigenvalue weighted by molar-refractivity contribution is -0.128. The average Bonchev–Trinajstić information content (AvgIpc) is 3.36. The number of hydrogen-bond acceptors (Lipinski definition) is 4.